The van der Waals surface area contributed by atoms with Crippen LogP contribution in [0.2, 0.25) is 0 Å². The SMILES string of the molecule is C/C=C/C=C/[C@H]1CCCC[C@@H]1CO. The predicted molar refractivity (Wildman–Crippen MR) is 56.5 cm³/mol. The number of aliphatic hydroxyl groups excluding tert-OH is 1. The average Bonchev–Trinajstić information content (AvgIpc) is 2.19. The van der Waals surface area contributed by atoms with Crippen LogP contribution in [0.3, 0.4) is 0 Å². The van der Waals surface area contributed by atoms with E-state index in [1.807, 2.05) is 13.0 Å². The zero-order valence-corrected chi connectivity index (χ0v) is 8.45. The lowest BCUT2D eigenvalue weighted by Gasteiger charge is -2.27. The van der Waals surface area contributed by atoms with Crippen molar-refractivity contribution in [1.29, 1.82) is 0 Å². The molecule has 74 valence electrons. The molecule has 0 aromatic rings. The molecule has 0 bridgehead atoms. The topological polar surface area (TPSA) is 20.2 Å². The van der Waals surface area contributed by atoms with E-state index in [-0.39, 0.29) is 0 Å². The normalized spacial score (nSPS) is 30.3. The van der Waals surface area contributed by atoms with Crippen molar-refractivity contribution in [2.24, 2.45) is 11.8 Å². The Balaban J connectivity index is 2.44. The van der Waals surface area contributed by atoms with Crippen LogP contribution in [0.4, 0.5) is 0 Å². The molecule has 13 heavy (non-hydrogen) atoms. The molecule has 0 radical (unpaired) electrons. The molecular formula is C12H20O. The summed E-state index contributed by atoms with van der Waals surface area (Å²) in [6.45, 7) is 2.37. The van der Waals surface area contributed by atoms with Gasteiger partial charge < -0.3 is 5.11 Å². The van der Waals surface area contributed by atoms with Gasteiger partial charge in [-0.05, 0) is 31.6 Å². The van der Waals surface area contributed by atoms with Crippen molar-refractivity contribution in [2.75, 3.05) is 6.61 Å². The van der Waals surface area contributed by atoms with E-state index < -0.39 is 0 Å². The van der Waals surface area contributed by atoms with E-state index in [0.717, 1.165) is 0 Å². The molecule has 0 amide bonds. The van der Waals surface area contributed by atoms with Crippen LogP contribution in [0, 0.1) is 11.8 Å². The molecule has 2 atom stereocenters. The highest BCUT2D eigenvalue weighted by Gasteiger charge is 2.21. The van der Waals surface area contributed by atoms with Crippen molar-refractivity contribution in [3.05, 3.63) is 24.3 Å². The lowest BCUT2D eigenvalue weighted by atomic mass is 9.79. The van der Waals surface area contributed by atoms with Gasteiger partial charge in [0.15, 0.2) is 0 Å². The molecule has 1 aliphatic rings. The summed E-state index contributed by atoms with van der Waals surface area (Å²) in [5, 5.41) is 9.17. The maximum atomic E-state index is 9.17. The Morgan fingerprint density at radius 1 is 1.23 bits per heavy atom. The van der Waals surface area contributed by atoms with Gasteiger partial charge in [-0.3, -0.25) is 0 Å². The number of hydrogen-bond donors (Lipinski definition) is 1. The first kappa shape index (κ1) is 10.5. The zero-order chi connectivity index (χ0) is 9.52. The fourth-order valence-corrected chi connectivity index (χ4v) is 2.03. The van der Waals surface area contributed by atoms with Crippen LogP contribution in [0.25, 0.3) is 0 Å². The van der Waals surface area contributed by atoms with Crippen molar-refractivity contribution in [2.45, 2.75) is 32.6 Å². The van der Waals surface area contributed by atoms with Gasteiger partial charge in [-0.25, -0.2) is 0 Å². The Labute approximate surface area is 81.2 Å². The van der Waals surface area contributed by atoms with Crippen molar-refractivity contribution >= 4 is 0 Å². The third kappa shape index (κ3) is 3.35. The number of rotatable bonds is 3. The van der Waals surface area contributed by atoms with Gasteiger partial charge in [-0.15, -0.1) is 0 Å². The second-order valence-electron chi connectivity index (χ2n) is 3.80. The molecule has 0 aromatic carbocycles. The smallest absolute Gasteiger partial charge is 0.0464 e. The van der Waals surface area contributed by atoms with Gasteiger partial charge in [0.1, 0.15) is 0 Å². The average molecular weight is 180 g/mol. The van der Waals surface area contributed by atoms with Gasteiger partial charge in [0.2, 0.25) is 0 Å². The minimum Gasteiger partial charge on any atom is -0.396 e. The Kier molecular flexibility index (Phi) is 4.84. The zero-order valence-electron chi connectivity index (χ0n) is 8.45. The van der Waals surface area contributed by atoms with Crippen LogP contribution in [0.5, 0.6) is 0 Å². The van der Waals surface area contributed by atoms with E-state index in [0.29, 0.717) is 18.4 Å². The summed E-state index contributed by atoms with van der Waals surface area (Å²) in [7, 11) is 0. The molecule has 0 aliphatic heterocycles. The molecule has 1 heteroatoms. The summed E-state index contributed by atoms with van der Waals surface area (Å²) in [5.74, 6) is 1.12. The first-order chi connectivity index (χ1) is 6.38. The van der Waals surface area contributed by atoms with Crippen LogP contribution < -0.4 is 0 Å². The van der Waals surface area contributed by atoms with Crippen LogP contribution in [-0.2, 0) is 0 Å². The summed E-state index contributed by atoms with van der Waals surface area (Å²) in [4.78, 5) is 0. The molecule has 0 unspecified atom stereocenters. The first-order valence-electron chi connectivity index (χ1n) is 5.28. The lowest BCUT2D eigenvalue weighted by Crippen LogP contribution is -2.20. The van der Waals surface area contributed by atoms with E-state index in [2.05, 4.69) is 18.2 Å². The van der Waals surface area contributed by atoms with Crippen molar-refractivity contribution in [3.63, 3.8) is 0 Å². The first-order valence-corrected chi connectivity index (χ1v) is 5.28. The minimum atomic E-state index is 0.352. The molecule has 0 heterocycles. The van der Waals surface area contributed by atoms with Crippen LogP contribution >= 0.6 is 0 Å². The minimum absolute atomic E-state index is 0.352. The van der Waals surface area contributed by atoms with Crippen LogP contribution in [0.15, 0.2) is 24.3 Å². The second-order valence-corrected chi connectivity index (χ2v) is 3.80. The van der Waals surface area contributed by atoms with Crippen molar-refractivity contribution in [1.82, 2.24) is 0 Å². The quantitative estimate of drug-likeness (QED) is 0.662. The summed E-state index contributed by atoms with van der Waals surface area (Å²) in [6, 6.07) is 0. The van der Waals surface area contributed by atoms with Gasteiger partial charge in [-0.1, -0.05) is 37.1 Å². The predicted octanol–water partition coefficient (Wildman–Crippen LogP) is 2.92. The molecule has 1 fully saturated rings. The van der Waals surface area contributed by atoms with Gasteiger partial charge in [0, 0.05) is 6.61 Å². The Morgan fingerprint density at radius 2 is 2.00 bits per heavy atom. The fourth-order valence-electron chi connectivity index (χ4n) is 2.03. The van der Waals surface area contributed by atoms with Crippen molar-refractivity contribution in [3.8, 4) is 0 Å². The van der Waals surface area contributed by atoms with E-state index in [9.17, 15) is 0 Å². The summed E-state index contributed by atoms with van der Waals surface area (Å²) < 4.78 is 0. The van der Waals surface area contributed by atoms with Crippen LogP contribution in [0.1, 0.15) is 32.6 Å². The molecule has 0 spiro atoms. The molecule has 1 nitrogen and oxygen atoms in total. The standard InChI is InChI=1S/C12H20O/c1-2-3-4-7-11-8-5-6-9-12(11)10-13/h2-4,7,11-13H,5-6,8-10H2,1H3/b3-2+,7-4+/t11-,12+/m0/s1. The van der Waals surface area contributed by atoms with E-state index in [1.165, 1.54) is 25.7 Å². The highest BCUT2D eigenvalue weighted by Crippen LogP contribution is 2.30. The maximum absolute atomic E-state index is 9.17. The molecular weight excluding hydrogens is 160 g/mol. The van der Waals surface area contributed by atoms with Gasteiger partial charge in [0.05, 0.1) is 0 Å². The summed E-state index contributed by atoms with van der Waals surface area (Å²) >= 11 is 0. The number of aliphatic hydroxyl groups is 1. The van der Waals surface area contributed by atoms with Crippen molar-refractivity contribution < 1.29 is 5.11 Å². The van der Waals surface area contributed by atoms with E-state index in [1.54, 1.807) is 0 Å². The number of allylic oxidation sites excluding steroid dienone is 4. The molecule has 1 rings (SSSR count). The van der Waals surface area contributed by atoms with Crippen LogP contribution in [-0.4, -0.2) is 11.7 Å². The molecule has 0 aromatic heterocycles. The van der Waals surface area contributed by atoms with E-state index in [4.69, 9.17) is 5.11 Å². The fraction of sp³-hybridized carbons (Fsp3) is 0.667. The molecule has 0 saturated heterocycles. The third-order valence-corrected chi connectivity index (χ3v) is 2.86. The Morgan fingerprint density at radius 3 is 2.69 bits per heavy atom. The molecule has 1 saturated carbocycles. The van der Waals surface area contributed by atoms with Gasteiger partial charge in [-0.2, -0.15) is 0 Å². The largest absolute Gasteiger partial charge is 0.396 e. The maximum Gasteiger partial charge on any atom is 0.0464 e. The number of hydrogen-bond acceptors (Lipinski definition) is 1. The van der Waals surface area contributed by atoms with Gasteiger partial charge >= 0.3 is 0 Å². The highest BCUT2D eigenvalue weighted by atomic mass is 16.3. The van der Waals surface area contributed by atoms with E-state index >= 15 is 0 Å². The lowest BCUT2D eigenvalue weighted by molar-refractivity contribution is 0.157. The summed E-state index contributed by atoms with van der Waals surface area (Å²) in [5.41, 5.74) is 0. The molecule has 1 N–H and O–H groups in total. The third-order valence-electron chi connectivity index (χ3n) is 2.86. The highest BCUT2D eigenvalue weighted by molar-refractivity contribution is 5.04. The second kappa shape index (κ2) is 5.98. The summed E-state index contributed by atoms with van der Waals surface area (Å²) in [6.07, 6.45) is 13.5. The van der Waals surface area contributed by atoms with Gasteiger partial charge in [0.25, 0.3) is 0 Å². The monoisotopic (exact) mass is 180 g/mol. The molecule has 1 aliphatic carbocycles. The Bertz CT molecular complexity index is 182. The Hall–Kier alpha value is -0.560.